The third-order valence-corrected chi connectivity index (χ3v) is 5.86. The Labute approximate surface area is 143 Å². The summed E-state index contributed by atoms with van der Waals surface area (Å²) in [4.78, 5) is 12.3. The molecule has 0 unspecified atom stereocenters. The Hall–Kier alpha value is -1.64. The molecule has 1 amide bonds. The van der Waals surface area contributed by atoms with E-state index in [1.54, 1.807) is 0 Å². The van der Waals surface area contributed by atoms with E-state index < -0.39 is 10.2 Å². The minimum atomic E-state index is -3.47. The molecule has 134 valence electrons. The fourth-order valence-corrected chi connectivity index (χ4v) is 3.79. The molecule has 1 atom stereocenters. The van der Waals surface area contributed by atoms with E-state index in [0.717, 1.165) is 5.75 Å². The number of amides is 1. The highest BCUT2D eigenvalue weighted by Gasteiger charge is 2.33. The summed E-state index contributed by atoms with van der Waals surface area (Å²) in [6.45, 7) is 1.46. The van der Waals surface area contributed by atoms with Crippen molar-refractivity contribution in [1.29, 1.82) is 0 Å². The van der Waals surface area contributed by atoms with Crippen LogP contribution < -0.4 is 10.1 Å². The van der Waals surface area contributed by atoms with E-state index in [-0.39, 0.29) is 18.4 Å². The van der Waals surface area contributed by atoms with Crippen LogP contribution in [0.25, 0.3) is 0 Å². The number of piperidine rings is 1. The second-order valence-electron chi connectivity index (χ2n) is 5.94. The zero-order valence-electron chi connectivity index (χ0n) is 14.1. The van der Waals surface area contributed by atoms with Crippen molar-refractivity contribution in [2.24, 2.45) is 5.92 Å². The second kappa shape index (κ2) is 8.46. The predicted molar refractivity (Wildman–Crippen MR) is 91.9 cm³/mol. The van der Waals surface area contributed by atoms with Crippen LogP contribution in [-0.4, -0.2) is 63.3 Å². The van der Waals surface area contributed by atoms with E-state index in [2.05, 4.69) is 5.32 Å². The first-order valence-corrected chi connectivity index (χ1v) is 9.44. The van der Waals surface area contributed by atoms with Crippen LogP contribution in [-0.2, 0) is 15.0 Å². The average molecular weight is 355 g/mol. The van der Waals surface area contributed by atoms with E-state index in [4.69, 9.17) is 4.74 Å². The number of hydrogen-bond acceptors (Lipinski definition) is 4. The maximum Gasteiger partial charge on any atom is 0.281 e. The first-order valence-electron chi connectivity index (χ1n) is 8.04. The van der Waals surface area contributed by atoms with E-state index in [1.165, 1.54) is 22.7 Å². The van der Waals surface area contributed by atoms with Gasteiger partial charge in [-0.25, -0.2) is 0 Å². The first-order chi connectivity index (χ1) is 11.4. The van der Waals surface area contributed by atoms with Crippen LogP contribution >= 0.6 is 0 Å². The van der Waals surface area contributed by atoms with Crippen LogP contribution in [0.2, 0.25) is 0 Å². The molecule has 0 aromatic heterocycles. The molecule has 0 bridgehead atoms. The third-order valence-electron chi connectivity index (χ3n) is 3.96. The van der Waals surface area contributed by atoms with E-state index in [0.29, 0.717) is 32.5 Å². The third kappa shape index (κ3) is 4.93. The zero-order chi connectivity index (χ0) is 17.6. The van der Waals surface area contributed by atoms with Crippen molar-refractivity contribution in [2.75, 3.05) is 40.3 Å². The second-order valence-corrected chi connectivity index (χ2v) is 8.08. The molecule has 0 radical (unpaired) electrons. The Balaban J connectivity index is 1.78. The SMILES string of the molecule is CN(C)S(=O)(=O)N1CCC[C@H](C(=O)NCCOc2ccccc2)C1. The van der Waals surface area contributed by atoms with Gasteiger partial charge in [0.25, 0.3) is 10.2 Å². The number of nitrogens with zero attached hydrogens (tertiary/aromatic N) is 2. The number of benzene rings is 1. The van der Waals surface area contributed by atoms with Gasteiger partial charge in [-0.15, -0.1) is 0 Å². The summed E-state index contributed by atoms with van der Waals surface area (Å²) in [6, 6.07) is 9.39. The molecule has 1 aromatic carbocycles. The van der Waals surface area contributed by atoms with Crippen molar-refractivity contribution in [1.82, 2.24) is 13.9 Å². The van der Waals surface area contributed by atoms with Crippen molar-refractivity contribution < 1.29 is 17.9 Å². The summed E-state index contributed by atoms with van der Waals surface area (Å²) >= 11 is 0. The zero-order valence-corrected chi connectivity index (χ0v) is 15.0. The van der Waals surface area contributed by atoms with Gasteiger partial charge in [-0.05, 0) is 25.0 Å². The molecule has 2 rings (SSSR count). The molecule has 0 saturated carbocycles. The van der Waals surface area contributed by atoms with Crippen LogP contribution in [0.1, 0.15) is 12.8 Å². The van der Waals surface area contributed by atoms with E-state index >= 15 is 0 Å². The standard InChI is InChI=1S/C16H25N3O4S/c1-18(2)24(21,22)19-11-6-7-14(13-19)16(20)17-10-12-23-15-8-4-3-5-9-15/h3-5,8-9,14H,6-7,10-13H2,1-2H3,(H,17,20)/t14-/m0/s1. The van der Waals surface area contributed by atoms with Crippen LogP contribution in [0.15, 0.2) is 30.3 Å². The van der Waals surface area contributed by atoms with Crippen molar-refractivity contribution in [3.05, 3.63) is 30.3 Å². The van der Waals surface area contributed by atoms with Gasteiger partial charge in [-0.1, -0.05) is 18.2 Å². The van der Waals surface area contributed by atoms with Gasteiger partial charge in [0.2, 0.25) is 5.91 Å². The summed E-state index contributed by atoms with van der Waals surface area (Å²) in [5.41, 5.74) is 0. The molecule has 1 aliphatic rings. The molecule has 7 nitrogen and oxygen atoms in total. The van der Waals surface area contributed by atoms with Gasteiger partial charge in [-0.3, -0.25) is 4.79 Å². The van der Waals surface area contributed by atoms with E-state index in [9.17, 15) is 13.2 Å². The molecule has 24 heavy (non-hydrogen) atoms. The summed E-state index contributed by atoms with van der Waals surface area (Å²) in [5, 5.41) is 2.82. The molecule has 1 heterocycles. The Bertz CT molecular complexity index is 634. The van der Waals surface area contributed by atoms with Crippen LogP contribution in [0, 0.1) is 5.92 Å². The van der Waals surface area contributed by atoms with Crippen molar-refractivity contribution >= 4 is 16.1 Å². The lowest BCUT2D eigenvalue weighted by Gasteiger charge is -2.32. The predicted octanol–water partition coefficient (Wildman–Crippen LogP) is 0.700. The lowest BCUT2D eigenvalue weighted by Crippen LogP contribution is -2.49. The lowest BCUT2D eigenvalue weighted by atomic mass is 9.99. The van der Waals surface area contributed by atoms with E-state index in [1.807, 2.05) is 30.3 Å². The number of carbonyl (C=O) groups is 1. The molecule has 0 spiro atoms. The van der Waals surface area contributed by atoms with Gasteiger partial charge >= 0.3 is 0 Å². The number of ether oxygens (including phenoxy) is 1. The summed E-state index contributed by atoms with van der Waals surface area (Å²) in [5.74, 6) is 0.322. The summed E-state index contributed by atoms with van der Waals surface area (Å²) in [6.07, 6.45) is 1.39. The molecule has 1 aromatic rings. The Morgan fingerprint density at radius 3 is 2.71 bits per heavy atom. The normalized spacial score (nSPS) is 19.2. The first kappa shape index (κ1) is 18.7. The van der Waals surface area contributed by atoms with Crippen molar-refractivity contribution in [3.8, 4) is 5.75 Å². The van der Waals surface area contributed by atoms with Crippen molar-refractivity contribution in [3.63, 3.8) is 0 Å². The molecule has 1 saturated heterocycles. The number of nitrogens with one attached hydrogen (secondary N) is 1. The monoisotopic (exact) mass is 355 g/mol. The van der Waals surface area contributed by atoms with Crippen LogP contribution in [0.3, 0.4) is 0 Å². The highest BCUT2D eigenvalue weighted by Crippen LogP contribution is 2.20. The van der Waals surface area contributed by atoms with Gasteiger partial charge < -0.3 is 10.1 Å². The fourth-order valence-electron chi connectivity index (χ4n) is 2.60. The Morgan fingerprint density at radius 2 is 2.04 bits per heavy atom. The molecule has 1 fully saturated rings. The van der Waals surface area contributed by atoms with Gasteiger partial charge in [0.15, 0.2) is 0 Å². The van der Waals surface area contributed by atoms with Gasteiger partial charge in [0, 0.05) is 27.2 Å². The molecule has 1 N–H and O–H groups in total. The molecule has 0 aliphatic carbocycles. The van der Waals surface area contributed by atoms with Crippen LogP contribution in [0.5, 0.6) is 5.75 Å². The van der Waals surface area contributed by atoms with Gasteiger partial charge in [0.05, 0.1) is 12.5 Å². The summed E-state index contributed by atoms with van der Waals surface area (Å²) < 4.78 is 32.4. The number of hydrogen-bond donors (Lipinski definition) is 1. The largest absolute Gasteiger partial charge is 0.492 e. The number of carbonyl (C=O) groups excluding carboxylic acids is 1. The molecular weight excluding hydrogens is 330 g/mol. The Kier molecular flexibility index (Phi) is 6.59. The minimum Gasteiger partial charge on any atom is -0.492 e. The topological polar surface area (TPSA) is 79.0 Å². The maximum absolute atomic E-state index is 12.3. The summed E-state index contributed by atoms with van der Waals surface area (Å²) in [7, 11) is -0.466. The number of para-hydroxylation sites is 1. The number of rotatable bonds is 7. The smallest absolute Gasteiger partial charge is 0.281 e. The van der Waals surface area contributed by atoms with Gasteiger partial charge in [0.1, 0.15) is 12.4 Å². The lowest BCUT2D eigenvalue weighted by molar-refractivity contribution is -0.126. The highest BCUT2D eigenvalue weighted by molar-refractivity contribution is 7.86. The van der Waals surface area contributed by atoms with Crippen LogP contribution in [0.4, 0.5) is 0 Å². The van der Waals surface area contributed by atoms with Gasteiger partial charge in [-0.2, -0.15) is 17.0 Å². The fraction of sp³-hybridized carbons (Fsp3) is 0.562. The highest BCUT2D eigenvalue weighted by atomic mass is 32.2. The molecular formula is C16H25N3O4S. The minimum absolute atomic E-state index is 0.120. The molecule has 8 heteroatoms. The van der Waals surface area contributed by atoms with Crippen molar-refractivity contribution in [2.45, 2.75) is 12.8 Å². The maximum atomic E-state index is 12.3. The average Bonchev–Trinajstić information content (AvgIpc) is 2.59. The molecule has 1 aliphatic heterocycles. The Morgan fingerprint density at radius 1 is 1.33 bits per heavy atom. The quantitative estimate of drug-likeness (QED) is 0.730.